The highest BCUT2D eigenvalue weighted by Crippen LogP contribution is 2.49. The summed E-state index contributed by atoms with van der Waals surface area (Å²) < 4.78 is 64.9. The average Bonchev–Trinajstić information content (AvgIpc) is 0.764. The maximum atomic E-state index is 14.3. The maximum absolute atomic E-state index is 14.3. The predicted octanol–water partition coefficient (Wildman–Crippen LogP) is 9.74. The van der Waals surface area contributed by atoms with E-state index in [1.54, 1.807) is 0 Å². The fourth-order valence-electron chi connectivity index (χ4n) is 12.1. The normalized spacial score (nSPS) is 28.1. The number of hydrogen-bond donors (Lipinski definition) is 11. The molecule has 2 heterocycles. The molecule has 0 bridgehead atoms. The van der Waals surface area contributed by atoms with Crippen molar-refractivity contribution in [1.29, 1.82) is 0 Å². The summed E-state index contributed by atoms with van der Waals surface area (Å²) in [6, 6.07) is 0. The Morgan fingerprint density at radius 3 is 1.14 bits per heavy atom. The van der Waals surface area contributed by atoms with Crippen LogP contribution in [0, 0.1) is 0 Å². The van der Waals surface area contributed by atoms with E-state index in [1.807, 2.05) is 0 Å². The number of aliphatic hydroxyl groups excluding tert-OH is 10. The van der Waals surface area contributed by atoms with Crippen LogP contribution in [0.5, 0.6) is 0 Å². The highest BCUT2D eigenvalue weighted by Gasteiger charge is 2.58. The highest BCUT2D eigenvalue weighted by atomic mass is 31.2. The quantitative estimate of drug-likeness (QED) is 0.00886. The number of unbranched alkanes of at least 4 members (excludes halogenated alkanes) is 32. The molecule has 0 radical (unpaired) electrons. The summed E-state index contributed by atoms with van der Waals surface area (Å²) in [7, 11) is -5.70. The first-order chi connectivity index (χ1) is 46.3. The zero-order valence-electron chi connectivity index (χ0n) is 58.4. The molecule has 3 rings (SSSR count). The number of hydrogen-bond acceptors (Lipinski definition) is 23. The van der Waals surface area contributed by atoms with Crippen molar-refractivity contribution in [1.82, 2.24) is 0 Å². The lowest BCUT2D eigenvalue weighted by atomic mass is 9.84. The third-order valence-corrected chi connectivity index (χ3v) is 19.2. The highest BCUT2D eigenvalue weighted by molar-refractivity contribution is 7.47. The summed E-state index contributed by atoms with van der Waals surface area (Å²) in [6.45, 7) is 3.40. The average molecular weight is 1400 g/mol. The van der Waals surface area contributed by atoms with E-state index in [2.05, 4.69) is 45.1 Å². The fourth-order valence-corrected chi connectivity index (χ4v) is 13.1. The molecule has 1 aliphatic carbocycles. The number of aliphatic hydroxyl groups is 10. The molecule has 562 valence electrons. The minimum Gasteiger partial charge on any atom is -0.463 e. The molecular weight excluding hydrogens is 1270 g/mol. The van der Waals surface area contributed by atoms with Gasteiger partial charge in [-0.2, -0.15) is 0 Å². The van der Waals surface area contributed by atoms with E-state index in [9.17, 15) is 74.9 Å². The molecule has 0 aromatic rings. The third-order valence-electron chi connectivity index (χ3n) is 18.2. The van der Waals surface area contributed by atoms with Gasteiger partial charge in [-0.3, -0.25) is 23.4 Å². The number of carbonyl (C=O) groups is 3. The Hall–Kier alpha value is -2.56. The van der Waals surface area contributed by atoms with Crippen molar-refractivity contribution < 1.29 is 117 Å². The molecule has 3 aliphatic rings. The molecule has 96 heavy (non-hydrogen) atoms. The fraction of sp³-hybridized carbons (Fsp3) is 0.901. The monoisotopic (exact) mass is 1400 g/mol. The Bertz CT molecular complexity index is 2090. The zero-order chi connectivity index (χ0) is 70.4. The SMILES string of the molecule is CCCCCCCC/C=C\CCCCCC(=O)OCC(COP(=O)(O)OC1C(OC2OC(CO)C(O)C(O)C2O)C(O)C(O)C(O)C1OC1OC(COC(=O)CCCCC/C=C\CCCCCCCCC)C(O)C(O)C1O)OC(=O)CCCCCCCCCCCCCCCC. The molecule has 0 aromatic heterocycles. The van der Waals surface area contributed by atoms with Crippen molar-refractivity contribution in [2.45, 2.75) is 382 Å². The molecule has 3 fully saturated rings. The van der Waals surface area contributed by atoms with Gasteiger partial charge in [0.05, 0.1) is 13.2 Å². The number of phosphoric acid groups is 1. The van der Waals surface area contributed by atoms with Gasteiger partial charge in [0.25, 0.3) is 0 Å². The lowest BCUT2D eigenvalue weighted by Gasteiger charge is -2.49. The molecule has 2 saturated heterocycles. The molecule has 24 nitrogen and oxygen atoms in total. The number of allylic oxidation sites excluding steroid dienone is 4. The van der Waals surface area contributed by atoms with Gasteiger partial charge in [-0.05, 0) is 70.6 Å². The first kappa shape index (κ1) is 87.7. The van der Waals surface area contributed by atoms with E-state index in [0.29, 0.717) is 19.3 Å². The Morgan fingerprint density at radius 1 is 0.396 bits per heavy atom. The van der Waals surface area contributed by atoms with Gasteiger partial charge in [-0.15, -0.1) is 0 Å². The minimum atomic E-state index is -5.70. The molecule has 0 spiro atoms. The van der Waals surface area contributed by atoms with Crippen LogP contribution < -0.4 is 0 Å². The molecule has 18 unspecified atom stereocenters. The summed E-state index contributed by atoms with van der Waals surface area (Å²) in [5.74, 6) is -2.02. The topological polar surface area (TPSA) is 374 Å². The van der Waals surface area contributed by atoms with E-state index >= 15 is 0 Å². The Balaban J connectivity index is 1.75. The van der Waals surface area contributed by atoms with Crippen LogP contribution in [-0.4, -0.2) is 204 Å². The maximum Gasteiger partial charge on any atom is 0.472 e. The lowest BCUT2D eigenvalue weighted by Crippen LogP contribution is -2.69. The number of carbonyl (C=O) groups excluding carboxylic acids is 3. The van der Waals surface area contributed by atoms with E-state index in [1.165, 1.54) is 122 Å². The van der Waals surface area contributed by atoms with Crippen molar-refractivity contribution >= 4 is 25.7 Å². The third kappa shape index (κ3) is 36.4. The first-order valence-electron chi connectivity index (χ1n) is 37.1. The molecule has 2 aliphatic heterocycles. The van der Waals surface area contributed by atoms with Crippen LogP contribution in [0.3, 0.4) is 0 Å². The Morgan fingerprint density at radius 2 is 0.729 bits per heavy atom. The van der Waals surface area contributed by atoms with E-state index in [4.69, 9.17) is 42.2 Å². The zero-order valence-corrected chi connectivity index (χ0v) is 59.3. The van der Waals surface area contributed by atoms with Gasteiger partial charge in [-0.1, -0.05) is 212 Å². The molecule has 1 saturated carbocycles. The smallest absolute Gasteiger partial charge is 0.463 e. The molecular formula is C71H129O24P. The number of rotatable bonds is 57. The lowest BCUT2D eigenvalue weighted by molar-refractivity contribution is -0.360. The van der Waals surface area contributed by atoms with Crippen molar-refractivity contribution in [3.63, 3.8) is 0 Å². The van der Waals surface area contributed by atoms with Crippen LogP contribution >= 0.6 is 7.82 Å². The molecule has 18 atom stereocenters. The Labute approximate surface area is 573 Å². The summed E-state index contributed by atoms with van der Waals surface area (Å²) in [5.41, 5.74) is 0. The van der Waals surface area contributed by atoms with E-state index in [-0.39, 0.29) is 19.3 Å². The van der Waals surface area contributed by atoms with Crippen LogP contribution in [0.1, 0.15) is 278 Å². The number of phosphoric ester groups is 1. The standard InChI is InChI=1S/C71H129O24P/c1-4-7-10-13-16-19-22-25-28-31-34-37-40-43-46-56(74)88-51-54-59(77)61(79)66(84)71(92-54)94-68-64(82)62(80)63(81)67(93-70-65(83)60(78)58(76)53(48-72)91-70)69(68)95-96(85,86)89-50-52(49-87-55(73)45-42-39-36-33-30-27-24-21-18-15-12-9-6-3)90-57(75)47-44-41-38-35-32-29-26-23-20-17-14-11-8-5-2/h27-28,30-31,52-54,58-72,76-84H,4-26,29,32-51H2,1-3H3,(H,85,86)/b30-27-,31-28-. The number of ether oxygens (including phenoxy) is 7. The van der Waals surface area contributed by atoms with Crippen molar-refractivity contribution in [3.05, 3.63) is 24.3 Å². The van der Waals surface area contributed by atoms with E-state index in [0.717, 1.165) is 96.3 Å². The van der Waals surface area contributed by atoms with Gasteiger partial charge < -0.3 is 89.1 Å². The summed E-state index contributed by atoms with van der Waals surface area (Å²) in [4.78, 5) is 50.9. The van der Waals surface area contributed by atoms with Crippen molar-refractivity contribution in [2.24, 2.45) is 0 Å². The molecule has 0 amide bonds. The van der Waals surface area contributed by atoms with Crippen LogP contribution in [-0.2, 0) is 61.2 Å². The minimum absolute atomic E-state index is 0.00795. The second kappa shape index (κ2) is 53.3. The first-order valence-corrected chi connectivity index (χ1v) is 38.6. The van der Waals surface area contributed by atoms with Gasteiger partial charge in [0, 0.05) is 19.3 Å². The van der Waals surface area contributed by atoms with Gasteiger partial charge in [0.2, 0.25) is 0 Å². The van der Waals surface area contributed by atoms with Gasteiger partial charge in [0.15, 0.2) is 18.7 Å². The van der Waals surface area contributed by atoms with Gasteiger partial charge in [-0.25, -0.2) is 4.57 Å². The van der Waals surface area contributed by atoms with E-state index < -0.39 is 156 Å². The second-order valence-corrected chi connectivity index (χ2v) is 28.1. The van der Waals surface area contributed by atoms with Gasteiger partial charge >= 0.3 is 25.7 Å². The number of esters is 3. The predicted molar refractivity (Wildman–Crippen MR) is 361 cm³/mol. The second-order valence-electron chi connectivity index (χ2n) is 26.7. The summed E-state index contributed by atoms with van der Waals surface area (Å²) in [5, 5.41) is 110. The van der Waals surface area contributed by atoms with Crippen LogP contribution in [0.4, 0.5) is 0 Å². The molecule has 25 heteroatoms. The van der Waals surface area contributed by atoms with Crippen molar-refractivity contribution in [3.8, 4) is 0 Å². The van der Waals surface area contributed by atoms with Crippen molar-refractivity contribution in [2.75, 3.05) is 26.4 Å². The molecule has 0 aromatic carbocycles. The van der Waals surface area contributed by atoms with Crippen LogP contribution in [0.15, 0.2) is 24.3 Å². The largest absolute Gasteiger partial charge is 0.472 e. The Kier molecular flexibility index (Phi) is 48.7. The summed E-state index contributed by atoms with van der Waals surface area (Å²) >= 11 is 0. The van der Waals surface area contributed by atoms with Gasteiger partial charge in [0.1, 0.15) is 98.7 Å². The molecule has 11 N–H and O–H groups in total. The van der Waals surface area contributed by atoms with Crippen LogP contribution in [0.25, 0.3) is 0 Å². The van der Waals surface area contributed by atoms with Crippen LogP contribution in [0.2, 0.25) is 0 Å². The summed E-state index contributed by atoms with van der Waals surface area (Å²) in [6.07, 6.45) is 12.6.